The first-order chi connectivity index (χ1) is 10.9. The molecule has 120 valence electrons. The van der Waals surface area contributed by atoms with E-state index in [4.69, 9.17) is 0 Å². The molecule has 0 saturated carbocycles. The molecule has 0 spiro atoms. The van der Waals surface area contributed by atoms with E-state index in [1.165, 1.54) is 0 Å². The summed E-state index contributed by atoms with van der Waals surface area (Å²) in [4.78, 5) is 0. The van der Waals surface area contributed by atoms with Gasteiger partial charge in [0, 0.05) is 12.0 Å². The SMILES string of the molecule is Cc1ccc([C@@H]2CC(c3ccccc3O)=NN2S(C)(=O)=O)cc1. The first kappa shape index (κ1) is 15.6. The van der Waals surface area contributed by atoms with Gasteiger partial charge < -0.3 is 5.11 Å². The highest BCUT2D eigenvalue weighted by Crippen LogP contribution is 2.36. The zero-order valence-corrected chi connectivity index (χ0v) is 13.8. The smallest absolute Gasteiger partial charge is 0.247 e. The number of para-hydroxylation sites is 1. The minimum Gasteiger partial charge on any atom is -0.507 e. The van der Waals surface area contributed by atoms with E-state index in [1.54, 1.807) is 24.3 Å². The summed E-state index contributed by atoms with van der Waals surface area (Å²) in [5, 5.41) is 14.3. The van der Waals surface area contributed by atoms with E-state index in [0.717, 1.165) is 21.8 Å². The largest absolute Gasteiger partial charge is 0.507 e. The molecule has 0 aromatic heterocycles. The van der Waals surface area contributed by atoms with Crippen molar-refractivity contribution >= 4 is 15.7 Å². The number of nitrogens with zero attached hydrogens (tertiary/aromatic N) is 2. The number of phenols is 1. The fourth-order valence-corrected chi connectivity index (χ4v) is 3.62. The van der Waals surface area contributed by atoms with Crippen molar-refractivity contribution in [3.05, 3.63) is 65.2 Å². The molecule has 1 heterocycles. The topological polar surface area (TPSA) is 70.0 Å². The summed E-state index contributed by atoms with van der Waals surface area (Å²) in [6, 6.07) is 14.2. The molecule has 23 heavy (non-hydrogen) atoms. The van der Waals surface area contributed by atoms with E-state index in [0.29, 0.717) is 17.7 Å². The number of sulfonamides is 1. The van der Waals surface area contributed by atoms with Gasteiger partial charge in [-0.15, -0.1) is 0 Å². The zero-order valence-electron chi connectivity index (χ0n) is 13.0. The Morgan fingerprint density at radius 2 is 1.78 bits per heavy atom. The van der Waals surface area contributed by atoms with Crippen LogP contribution in [0.5, 0.6) is 5.75 Å². The lowest BCUT2D eigenvalue weighted by atomic mass is 9.98. The first-order valence-electron chi connectivity index (χ1n) is 7.28. The molecule has 1 aliphatic rings. The average molecular weight is 330 g/mol. The predicted molar refractivity (Wildman–Crippen MR) is 89.9 cm³/mol. The highest BCUT2D eigenvalue weighted by atomic mass is 32.2. The summed E-state index contributed by atoms with van der Waals surface area (Å²) in [5.41, 5.74) is 3.13. The summed E-state index contributed by atoms with van der Waals surface area (Å²) in [6.45, 7) is 1.98. The lowest BCUT2D eigenvalue weighted by molar-refractivity contribution is 0.375. The minimum atomic E-state index is -3.50. The second-order valence-corrected chi connectivity index (χ2v) is 7.57. The second-order valence-electron chi connectivity index (χ2n) is 5.73. The number of hydrogen-bond acceptors (Lipinski definition) is 4. The van der Waals surface area contributed by atoms with Gasteiger partial charge in [-0.25, -0.2) is 8.42 Å². The van der Waals surface area contributed by atoms with E-state index in [9.17, 15) is 13.5 Å². The molecule has 1 aliphatic heterocycles. The van der Waals surface area contributed by atoms with E-state index in [-0.39, 0.29) is 11.8 Å². The molecule has 1 N–H and O–H groups in total. The first-order valence-corrected chi connectivity index (χ1v) is 9.13. The van der Waals surface area contributed by atoms with Gasteiger partial charge in [0.15, 0.2) is 0 Å². The van der Waals surface area contributed by atoms with Gasteiger partial charge in [-0.3, -0.25) is 0 Å². The summed E-state index contributed by atoms with van der Waals surface area (Å²) in [7, 11) is -3.50. The molecular formula is C17H18N2O3S. The van der Waals surface area contributed by atoms with Crippen molar-refractivity contribution < 1.29 is 13.5 Å². The highest BCUT2D eigenvalue weighted by Gasteiger charge is 2.35. The molecule has 2 aromatic rings. The fourth-order valence-electron chi connectivity index (χ4n) is 2.71. The molecule has 1 atom stereocenters. The third-order valence-corrected chi connectivity index (χ3v) is 4.91. The van der Waals surface area contributed by atoms with Crippen LogP contribution in [0.3, 0.4) is 0 Å². The maximum atomic E-state index is 12.1. The second kappa shape index (κ2) is 5.70. The van der Waals surface area contributed by atoms with Crippen molar-refractivity contribution in [3.63, 3.8) is 0 Å². The Morgan fingerprint density at radius 3 is 2.39 bits per heavy atom. The number of rotatable bonds is 3. The number of phenolic OH excluding ortho intramolecular Hbond substituents is 1. The van der Waals surface area contributed by atoms with Crippen LogP contribution in [-0.4, -0.2) is 29.9 Å². The molecule has 0 fully saturated rings. The molecule has 0 bridgehead atoms. The van der Waals surface area contributed by atoms with E-state index >= 15 is 0 Å². The molecule has 5 nitrogen and oxygen atoms in total. The van der Waals surface area contributed by atoms with Gasteiger partial charge in [0.2, 0.25) is 10.0 Å². The van der Waals surface area contributed by atoms with Crippen LogP contribution in [0.15, 0.2) is 53.6 Å². The van der Waals surface area contributed by atoms with Crippen LogP contribution in [0.4, 0.5) is 0 Å². The monoisotopic (exact) mass is 330 g/mol. The molecule has 0 saturated heterocycles. The van der Waals surface area contributed by atoms with Gasteiger partial charge in [0.25, 0.3) is 0 Å². The fraction of sp³-hybridized carbons (Fsp3) is 0.235. The normalized spacial score (nSPS) is 18.1. The van der Waals surface area contributed by atoms with Crippen molar-refractivity contribution in [2.75, 3.05) is 6.26 Å². The molecule has 2 aromatic carbocycles. The van der Waals surface area contributed by atoms with E-state index in [2.05, 4.69) is 5.10 Å². The van der Waals surface area contributed by atoms with Crippen molar-refractivity contribution in [3.8, 4) is 5.75 Å². The summed E-state index contributed by atoms with van der Waals surface area (Å²) < 4.78 is 25.3. The van der Waals surface area contributed by atoms with Crippen LogP contribution < -0.4 is 0 Å². The van der Waals surface area contributed by atoms with Gasteiger partial charge in [-0.1, -0.05) is 42.0 Å². The number of aromatic hydroxyl groups is 1. The molecular weight excluding hydrogens is 312 g/mol. The Labute approximate surface area is 135 Å². The number of hydrazone groups is 1. The lowest BCUT2D eigenvalue weighted by Crippen LogP contribution is -2.25. The van der Waals surface area contributed by atoms with E-state index < -0.39 is 10.0 Å². The van der Waals surface area contributed by atoms with Crippen molar-refractivity contribution in [2.24, 2.45) is 5.10 Å². The summed E-state index contributed by atoms with van der Waals surface area (Å²) >= 11 is 0. The molecule has 0 amide bonds. The van der Waals surface area contributed by atoms with Crippen molar-refractivity contribution in [1.82, 2.24) is 4.41 Å². The zero-order chi connectivity index (χ0) is 16.6. The average Bonchev–Trinajstić information content (AvgIpc) is 2.93. The Kier molecular flexibility index (Phi) is 3.85. The number of benzene rings is 2. The van der Waals surface area contributed by atoms with Crippen LogP contribution in [-0.2, 0) is 10.0 Å². The number of hydrogen-bond donors (Lipinski definition) is 1. The van der Waals surface area contributed by atoms with Crippen LogP contribution in [0.1, 0.15) is 29.2 Å². The molecule has 6 heteroatoms. The Morgan fingerprint density at radius 1 is 1.13 bits per heavy atom. The highest BCUT2D eigenvalue weighted by molar-refractivity contribution is 7.88. The van der Waals surface area contributed by atoms with Gasteiger partial charge in [-0.05, 0) is 24.6 Å². The molecule has 0 radical (unpaired) electrons. The maximum absolute atomic E-state index is 12.1. The van der Waals surface area contributed by atoms with Crippen LogP contribution in [0.2, 0.25) is 0 Å². The molecule has 0 aliphatic carbocycles. The molecule has 3 rings (SSSR count). The van der Waals surface area contributed by atoms with Crippen LogP contribution in [0.25, 0.3) is 0 Å². The Hall–Kier alpha value is -2.34. The van der Waals surface area contributed by atoms with E-state index in [1.807, 2.05) is 31.2 Å². The van der Waals surface area contributed by atoms with Gasteiger partial charge in [-0.2, -0.15) is 9.52 Å². The minimum absolute atomic E-state index is 0.101. The number of aryl methyl sites for hydroxylation is 1. The third kappa shape index (κ3) is 3.07. The Bertz CT molecular complexity index is 858. The quantitative estimate of drug-likeness (QED) is 0.941. The summed E-state index contributed by atoms with van der Waals surface area (Å²) in [6.07, 6.45) is 1.57. The van der Waals surface area contributed by atoms with Gasteiger partial charge >= 0.3 is 0 Å². The third-order valence-electron chi connectivity index (χ3n) is 3.89. The lowest BCUT2D eigenvalue weighted by Gasteiger charge is -2.21. The standard InChI is InChI=1S/C17H18N2O3S/c1-12-7-9-13(10-8-12)16-11-15(18-19(16)23(2,21)22)14-5-3-4-6-17(14)20/h3-10,16,20H,11H2,1-2H3/t16-/m0/s1. The van der Waals surface area contributed by atoms with Gasteiger partial charge in [0.05, 0.1) is 18.0 Å². The van der Waals surface area contributed by atoms with Crippen LogP contribution >= 0.6 is 0 Å². The predicted octanol–water partition coefficient (Wildman–Crippen LogP) is 2.81. The molecule has 0 unspecified atom stereocenters. The van der Waals surface area contributed by atoms with Crippen molar-refractivity contribution in [1.29, 1.82) is 0 Å². The van der Waals surface area contributed by atoms with Gasteiger partial charge in [0.1, 0.15) is 5.75 Å². The van der Waals surface area contributed by atoms with Crippen molar-refractivity contribution in [2.45, 2.75) is 19.4 Å². The van der Waals surface area contributed by atoms with Crippen LogP contribution in [0, 0.1) is 6.92 Å². The Balaban J connectivity index is 2.03. The maximum Gasteiger partial charge on any atom is 0.247 e. The summed E-state index contributed by atoms with van der Waals surface area (Å²) in [5.74, 6) is 0.101.